The van der Waals surface area contributed by atoms with E-state index in [0.29, 0.717) is 11.3 Å². The zero-order valence-corrected chi connectivity index (χ0v) is 13.8. The maximum Gasteiger partial charge on any atom is 0.255 e. The molecule has 1 amide bonds. The first-order chi connectivity index (χ1) is 11.5. The number of amides is 1. The Labute approximate surface area is 144 Å². The maximum absolute atomic E-state index is 13.1. The number of rotatable bonds is 3. The fourth-order valence-corrected chi connectivity index (χ4v) is 2.91. The number of anilines is 2. The highest BCUT2D eigenvalue weighted by Gasteiger charge is 2.17. The molecule has 6 heteroatoms. The lowest BCUT2D eigenvalue weighted by Gasteiger charge is -2.31. The molecule has 0 bridgehead atoms. The van der Waals surface area contributed by atoms with Crippen molar-refractivity contribution in [2.45, 2.75) is 18.9 Å². The number of aliphatic hydroxyl groups excluding tert-OH is 1. The molecule has 0 saturated carbocycles. The van der Waals surface area contributed by atoms with E-state index in [1.807, 2.05) is 12.1 Å². The SMILES string of the molecule is O=C(Nc1ccc(F)c(Cl)c1)c1ccc(N2CCC(O)CC2)cc1. The van der Waals surface area contributed by atoms with Gasteiger partial charge in [-0.3, -0.25) is 4.79 Å². The number of hydrogen-bond acceptors (Lipinski definition) is 3. The summed E-state index contributed by atoms with van der Waals surface area (Å²) in [5, 5.41) is 12.2. The molecule has 2 aromatic rings. The molecule has 3 rings (SSSR count). The van der Waals surface area contributed by atoms with Gasteiger partial charge in [0.15, 0.2) is 0 Å². The van der Waals surface area contributed by atoms with Crippen LogP contribution in [0.15, 0.2) is 42.5 Å². The highest BCUT2D eigenvalue weighted by atomic mass is 35.5. The van der Waals surface area contributed by atoms with E-state index < -0.39 is 5.82 Å². The predicted octanol–water partition coefficient (Wildman–Crippen LogP) is 3.69. The van der Waals surface area contributed by atoms with Gasteiger partial charge in [-0.2, -0.15) is 0 Å². The first-order valence-electron chi connectivity index (χ1n) is 7.82. The van der Waals surface area contributed by atoms with E-state index in [9.17, 15) is 14.3 Å². The van der Waals surface area contributed by atoms with Gasteiger partial charge in [-0.05, 0) is 55.3 Å². The lowest BCUT2D eigenvalue weighted by atomic mass is 10.1. The summed E-state index contributed by atoms with van der Waals surface area (Å²) in [5.74, 6) is -0.802. The average molecular weight is 349 g/mol. The Morgan fingerprint density at radius 1 is 1.17 bits per heavy atom. The van der Waals surface area contributed by atoms with Crippen molar-refractivity contribution >= 4 is 28.9 Å². The van der Waals surface area contributed by atoms with Crippen LogP contribution in [0.5, 0.6) is 0 Å². The summed E-state index contributed by atoms with van der Waals surface area (Å²) < 4.78 is 13.1. The monoisotopic (exact) mass is 348 g/mol. The van der Waals surface area contributed by atoms with Gasteiger partial charge < -0.3 is 15.3 Å². The van der Waals surface area contributed by atoms with Gasteiger partial charge in [0.1, 0.15) is 5.82 Å². The van der Waals surface area contributed by atoms with Gasteiger partial charge in [-0.15, -0.1) is 0 Å². The van der Waals surface area contributed by atoms with Gasteiger partial charge in [0.25, 0.3) is 5.91 Å². The standard InChI is InChI=1S/C18H18ClFN2O2/c19-16-11-13(3-6-17(16)20)21-18(24)12-1-4-14(5-2-12)22-9-7-15(23)8-10-22/h1-6,11,15,23H,7-10H2,(H,21,24). The Hall–Kier alpha value is -2.11. The van der Waals surface area contributed by atoms with Crippen molar-refractivity contribution in [3.05, 3.63) is 58.9 Å². The highest BCUT2D eigenvalue weighted by Crippen LogP contribution is 2.22. The minimum Gasteiger partial charge on any atom is -0.393 e. The van der Waals surface area contributed by atoms with E-state index in [1.54, 1.807) is 12.1 Å². The van der Waals surface area contributed by atoms with Crippen LogP contribution >= 0.6 is 11.6 Å². The molecule has 0 radical (unpaired) electrons. The molecule has 0 atom stereocenters. The molecule has 1 heterocycles. The smallest absolute Gasteiger partial charge is 0.255 e. The minimum absolute atomic E-state index is 0.0320. The zero-order chi connectivity index (χ0) is 17.1. The number of halogens is 2. The molecule has 1 aliphatic rings. The van der Waals surface area contributed by atoms with Crippen LogP contribution in [-0.2, 0) is 0 Å². The van der Waals surface area contributed by atoms with Crippen molar-refractivity contribution in [1.82, 2.24) is 0 Å². The van der Waals surface area contributed by atoms with Crippen LogP contribution in [0.25, 0.3) is 0 Å². The summed E-state index contributed by atoms with van der Waals surface area (Å²) in [6, 6.07) is 11.3. The summed E-state index contributed by atoms with van der Waals surface area (Å²) in [5.41, 5.74) is 1.99. The first kappa shape index (κ1) is 16.7. The largest absolute Gasteiger partial charge is 0.393 e. The van der Waals surface area contributed by atoms with Gasteiger partial charge in [-0.1, -0.05) is 11.6 Å². The summed E-state index contributed by atoms with van der Waals surface area (Å²) in [6.45, 7) is 1.61. The van der Waals surface area contributed by atoms with Gasteiger partial charge >= 0.3 is 0 Å². The van der Waals surface area contributed by atoms with Crippen molar-refractivity contribution in [2.24, 2.45) is 0 Å². The fraction of sp³-hybridized carbons (Fsp3) is 0.278. The zero-order valence-electron chi connectivity index (χ0n) is 13.0. The molecule has 4 nitrogen and oxygen atoms in total. The van der Waals surface area contributed by atoms with Crippen LogP contribution in [0.1, 0.15) is 23.2 Å². The van der Waals surface area contributed by atoms with Crippen LogP contribution in [0.2, 0.25) is 5.02 Å². The Morgan fingerprint density at radius 2 is 1.83 bits per heavy atom. The third-order valence-electron chi connectivity index (χ3n) is 4.14. The molecule has 1 aliphatic heterocycles. The molecule has 126 valence electrons. The van der Waals surface area contributed by atoms with E-state index in [1.165, 1.54) is 18.2 Å². The van der Waals surface area contributed by atoms with E-state index in [0.717, 1.165) is 31.6 Å². The molecule has 1 saturated heterocycles. The Kier molecular flexibility index (Phi) is 5.02. The van der Waals surface area contributed by atoms with Crippen LogP contribution < -0.4 is 10.2 Å². The van der Waals surface area contributed by atoms with Crippen LogP contribution in [-0.4, -0.2) is 30.2 Å². The summed E-state index contributed by atoms with van der Waals surface area (Å²) >= 11 is 5.71. The quantitative estimate of drug-likeness (QED) is 0.889. The normalized spacial score (nSPS) is 15.4. The molecule has 0 aliphatic carbocycles. The number of nitrogens with one attached hydrogen (secondary N) is 1. The third-order valence-corrected chi connectivity index (χ3v) is 4.43. The summed E-state index contributed by atoms with van der Waals surface area (Å²) in [7, 11) is 0. The second-order valence-electron chi connectivity index (χ2n) is 5.85. The number of piperidine rings is 1. The molecule has 0 unspecified atom stereocenters. The molecule has 2 aromatic carbocycles. The van der Waals surface area contributed by atoms with Gasteiger partial charge in [0.2, 0.25) is 0 Å². The molecule has 1 fully saturated rings. The third kappa shape index (κ3) is 3.86. The van der Waals surface area contributed by atoms with Crippen molar-refractivity contribution in [3.8, 4) is 0 Å². The second-order valence-corrected chi connectivity index (χ2v) is 6.26. The number of aliphatic hydroxyl groups is 1. The average Bonchev–Trinajstić information content (AvgIpc) is 2.59. The minimum atomic E-state index is -0.523. The fourth-order valence-electron chi connectivity index (χ4n) is 2.72. The molecular formula is C18H18ClFN2O2. The molecule has 0 aromatic heterocycles. The van der Waals surface area contributed by atoms with Gasteiger partial charge in [-0.25, -0.2) is 4.39 Å². The first-order valence-corrected chi connectivity index (χ1v) is 8.20. The molecule has 0 spiro atoms. The number of nitrogens with zero attached hydrogens (tertiary/aromatic N) is 1. The topological polar surface area (TPSA) is 52.6 Å². The number of carbonyl (C=O) groups is 1. The van der Waals surface area contributed by atoms with Crippen molar-refractivity contribution in [2.75, 3.05) is 23.3 Å². The van der Waals surface area contributed by atoms with E-state index >= 15 is 0 Å². The Morgan fingerprint density at radius 3 is 2.46 bits per heavy atom. The lowest BCUT2D eigenvalue weighted by molar-refractivity contribution is 0.102. The van der Waals surface area contributed by atoms with Crippen molar-refractivity contribution in [1.29, 1.82) is 0 Å². The van der Waals surface area contributed by atoms with Crippen molar-refractivity contribution < 1.29 is 14.3 Å². The number of hydrogen-bond donors (Lipinski definition) is 2. The maximum atomic E-state index is 13.1. The molecule has 2 N–H and O–H groups in total. The van der Waals surface area contributed by atoms with Crippen LogP contribution in [0, 0.1) is 5.82 Å². The number of benzene rings is 2. The summed E-state index contributed by atoms with van der Waals surface area (Å²) in [6.07, 6.45) is 1.30. The lowest BCUT2D eigenvalue weighted by Crippen LogP contribution is -2.35. The highest BCUT2D eigenvalue weighted by molar-refractivity contribution is 6.31. The van der Waals surface area contributed by atoms with Gasteiger partial charge in [0.05, 0.1) is 11.1 Å². The van der Waals surface area contributed by atoms with Gasteiger partial charge in [0, 0.05) is 30.0 Å². The van der Waals surface area contributed by atoms with Crippen molar-refractivity contribution in [3.63, 3.8) is 0 Å². The number of carbonyl (C=O) groups excluding carboxylic acids is 1. The van der Waals surface area contributed by atoms with E-state index in [-0.39, 0.29) is 17.0 Å². The summed E-state index contributed by atoms with van der Waals surface area (Å²) in [4.78, 5) is 14.4. The van der Waals surface area contributed by atoms with Crippen LogP contribution in [0.4, 0.5) is 15.8 Å². The Balaban J connectivity index is 1.66. The molecular weight excluding hydrogens is 331 g/mol. The Bertz CT molecular complexity index is 728. The molecule has 24 heavy (non-hydrogen) atoms. The predicted molar refractivity (Wildman–Crippen MR) is 93.3 cm³/mol. The van der Waals surface area contributed by atoms with E-state index in [2.05, 4.69) is 10.2 Å². The second kappa shape index (κ2) is 7.20. The van der Waals surface area contributed by atoms with Crippen LogP contribution in [0.3, 0.4) is 0 Å². The van der Waals surface area contributed by atoms with E-state index in [4.69, 9.17) is 11.6 Å².